The highest BCUT2D eigenvalue weighted by molar-refractivity contribution is 6.31. The summed E-state index contributed by atoms with van der Waals surface area (Å²) < 4.78 is 5.71. The Balaban J connectivity index is 1.51. The van der Waals surface area contributed by atoms with Crippen LogP contribution in [0.1, 0.15) is 39.2 Å². The Morgan fingerprint density at radius 1 is 1.06 bits per heavy atom. The Morgan fingerprint density at radius 3 is 2.64 bits per heavy atom. The highest BCUT2D eigenvalue weighted by Crippen LogP contribution is 2.29. The van der Waals surface area contributed by atoms with E-state index >= 15 is 0 Å². The van der Waals surface area contributed by atoms with E-state index in [-0.39, 0.29) is 43.8 Å². The third-order valence-corrected chi connectivity index (χ3v) is 6.70. The van der Waals surface area contributed by atoms with Crippen molar-refractivity contribution in [1.29, 1.82) is 0 Å². The van der Waals surface area contributed by atoms with E-state index in [1.165, 1.54) is 0 Å². The molecule has 0 spiro atoms. The zero-order chi connectivity index (χ0) is 25.8. The van der Waals surface area contributed by atoms with Crippen LogP contribution in [-0.2, 0) is 16.0 Å². The van der Waals surface area contributed by atoms with Crippen molar-refractivity contribution >= 4 is 40.2 Å². The first-order valence-corrected chi connectivity index (χ1v) is 12.4. The van der Waals surface area contributed by atoms with Crippen LogP contribution in [0.2, 0.25) is 5.02 Å². The van der Waals surface area contributed by atoms with Crippen molar-refractivity contribution in [2.45, 2.75) is 33.6 Å². The molecule has 3 aromatic rings. The highest BCUT2D eigenvalue weighted by atomic mass is 35.5. The van der Waals surface area contributed by atoms with Crippen LogP contribution in [0.15, 0.2) is 30.3 Å². The Labute approximate surface area is 215 Å². The lowest BCUT2D eigenvalue weighted by atomic mass is 10.0. The molecule has 3 amide bonds. The van der Waals surface area contributed by atoms with Gasteiger partial charge in [-0.15, -0.1) is 0 Å². The lowest BCUT2D eigenvalue weighted by Crippen LogP contribution is -2.43. The molecule has 0 aliphatic carbocycles. The van der Waals surface area contributed by atoms with Gasteiger partial charge in [-0.2, -0.15) is 0 Å². The van der Waals surface area contributed by atoms with Gasteiger partial charge in [0, 0.05) is 34.7 Å². The van der Waals surface area contributed by atoms with Gasteiger partial charge in [-0.25, -0.2) is 0 Å². The molecule has 0 fully saturated rings. The molecule has 0 atom stereocenters. The average Bonchev–Trinajstić information content (AvgIpc) is 3.18. The zero-order valence-electron chi connectivity index (χ0n) is 20.8. The number of nitrogens with one attached hydrogen (secondary N) is 3. The van der Waals surface area contributed by atoms with Crippen molar-refractivity contribution in [2.24, 2.45) is 0 Å². The number of halogens is 1. The summed E-state index contributed by atoms with van der Waals surface area (Å²) in [6.45, 7) is 7.08. The number of H-pyrrole nitrogens is 1. The molecule has 1 aliphatic rings. The summed E-state index contributed by atoms with van der Waals surface area (Å²) in [7, 11) is 0. The van der Waals surface area contributed by atoms with Crippen LogP contribution < -0.4 is 15.4 Å². The van der Waals surface area contributed by atoms with Crippen molar-refractivity contribution in [2.75, 3.05) is 32.8 Å². The number of ether oxygens (including phenoxy) is 1. The highest BCUT2D eigenvalue weighted by Gasteiger charge is 2.22. The fourth-order valence-corrected chi connectivity index (χ4v) is 4.71. The average molecular weight is 511 g/mol. The molecular weight excluding hydrogens is 480 g/mol. The standard InChI is InChI=1S/C27H31ClN4O4/c1-16-5-6-17(2)26-25(16)20(18(3)31-26)14-24(34)32-11-4-9-30-27(35)21-13-19(28)7-8-22(21)36-12-10-29-23(33)15-32/h5-8,13,31H,4,9-12,14-15H2,1-3H3,(H,29,33)(H,30,35). The number of benzene rings is 2. The molecule has 4 rings (SSSR count). The number of carbonyl (C=O) groups excluding carboxylic acids is 3. The van der Waals surface area contributed by atoms with Crippen molar-refractivity contribution in [1.82, 2.24) is 20.5 Å². The van der Waals surface area contributed by atoms with Gasteiger partial charge in [0.2, 0.25) is 11.8 Å². The molecule has 1 aliphatic heterocycles. The maximum atomic E-state index is 13.4. The summed E-state index contributed by atoms with van der Waals surface area (Å²) in [6.07, 6.45) is 0.678. The van der Waals surface area contributed by atoms with E-state index in [0.29, 0.717) is 35.8 Å². The second-order valence-corrected chi connectivity index (χ2v) is 9.55. The van der Waals surface area contributed by atoms with E-state index in [2.05, 4.69) is 27.8 Å². The van der Waals surface area contributed by atoms with E-state index in [4.69, 9.17) is 16.3 Å². The third kappa shape index (κ3) is 5.65. The maximum absolute atomic E-state index is 13.4. The van der Waals surface area contributed by atoms with Gasteiger partial charge in [0.05, 0.1) is 25.1 Å². The van der Waals surface area contributed by atoms with E-state index in [1.54, 1.807) is 23.1 Å². The largest absolute Gasteiger partial charge is 0.491 e. The van der Waals surface area contributed by atoms with Crippen LogP contribution >= 0.6 is 11.6 Å². The van der Waals surface area contributed by atoms with Gasteiger partial charge < -0.3 is 25.3 Å². The van der Waals surface area contributed by atoms with Crippen LogP contribution in [0, 0.1) is 20.8 Å². The SMILES string of the molecule is Cc1[nH]c2c(C)ccc(C)c2c1CC(=O)N1CCCNC(=O)c2cc(Cl)ccc2OCCNC(=O)C1. The van der Waals surface area contributed by atoms with Crippen LogP contribution in [0.5, 0.6) is 5.75 Å². The smallest absolute Gasteiger partial charge is 0.255 e. The molecule has 190 valence electrons. The van der Waals surface area contributed by atoms with Gasteiger partial charge in [0.25, 0.3) is 5.91 Å². The summed E-state index contributed by atoms with van der Waals surface area (Å²) in [5.74, 6) is -0.291. The first-order valence-electron chi connectivity index (χ1n) is 12.1. The number of amides is 3. The quantitative estimate of drug-likeness (QED) is 0.491. The number of hydrogen-bond acceptors (Lipinski definition) is 4. The molecular formula is C27H31ClN4O4. The van der Waals surface area contributed by atoms with Crippen LogP contribution in [-0.4, -0.2) is 60.4 Å². The van der Waals surface area contributed by atoms with E-state index < -0.39 is 0 Å². The van der Waals surface area contributed by atoms with Gasteiger partial charge in [0.1, 0.15) is 12.4 Å². The number of aromatic nitrogens is 1. The van der Waals surface area contributed by atoms with Crippen LogP contribution in [0.3, 0.4) is 0 Å². The number of rotatable bonds is 2. The molecule has 0 bridgehead atoms. The molecule has 36 heavy (non-hydrogen) atoms. The molecule has 2 aromatic carbocycles. The Kier molecular flexibility index (Phi) is 7.84. The van der Waals surface area contributed by atoms with Gasteiger partial charge in [-0.3, -0.25) is 14.4 Å². The summed E-state index contributed by atoms with van der Waals surface area (Å²) in [6, 6.07) is 8.97. The normalized spacial score (nSPS) is 15.5. The van der Waals surface area contributed by atoms with E-state index in [0.717, 1.165) is 33.3 Å². The van der Waals surface area contributed by atoms with Crippen LogP contribution in [0.25, 0.3) is 10.9 Å². The van der Waals surface area contributed by atoms with Gasteiger partial charge in [0.15, 0.2) is 0 Å². The molecule has 0 unspecified atom stereocenters. The van der Waals surface area contributed by atoms with Gasteiger partial charge in [-0.1, -0.05) is 23.7 Å². The minimum absolute atomic E-state index is 0.0572. The molecule has 0 saturated carbocycles. The van der Waals surface area contributed by atoms with Crippen molar-refractivity contribution in [3.05, 3.63) is 63.3 Å². The first-order chi connectivity index (χ1) is 17.2. The molecule has 0 saturated heterocycles. The predicted molar refractivity (Wildman–Crippen MR) is 140 cm³/mol. The first kappa shape index (κ1) is 25.6. The second-order valence-electron chi connectivity index (χ2n) is 9.12. The summed E-state index contributed by atoms with van der Waals surface area (Å²) in [4.78, 5) is 43.8. The topological polar surface area (TPSA) is 104 Å². The Hall–Kier alpha value is -3.52. The molecule has 9 heteroatoms. The summed E-state index contributed by atoms with van der Waals surface area (Å²) >= 11 is 6.07. The molecule has 8 nitrogen and oxygen atoms in total. The third-order valence-electron chi connectivity index (χ3n) is 6.46. The van der Waals surface area contributed by atoms with Crippen molar-refractivity contribution in [3.63, 3.8) is 0 Å². The fourth-order valence-electron chi connectivity index (χ4n) is 4.54. The molecule has 3 N–H and O–H groups in total. The number of hydrogen-bond donors (Lipinski definition) is 3. The van der Waals surface area contributed by atoms with E-state index in [1.807, 2.05) is 20.8 Å². The number of carbonyl (C=O) groups is 3. The number of fused-ring (bicyclic) bond motifs is 2. The lowest BCUT2D eigenvalue weighted by Gasteiger charge is -2.23. The van der Waals surface area contributed by atoms with Crippen molar-refractivity contribution in [3.8, 4) is 5.75 Å². The minimum Gasteiger partial charge on any atom is -0.491 e. The van der Waals surface area contributed by atoms with Crippen LogP contribution in [0.4, 0.5) is 0 Å². The van der Waals surface area contributed by atoms with E-state index in [9.17, 15) is 14.4 Å². The summed E-state index contributed by atoms with van der Waals surface area (Å²) in [5, 5.41) is 7.15. The number of nitrogens with zero attached hydrogens (tertiary/aromatic N) is 1. The monoisotopic (exact) mass is 510 g/mol. The van der Waals surface area contributed by atoms with Gasteiger partial charge in [-0.05, 0) is 62.1 Å². The summed E-state index contributed by atoms with van der Waals surface area (Å²) in [5.41, 5.74) is 5.49. The molecule has 0 radical (unpaired) electrons. The fraction of sp³-hybridized carbons (Fsp3) is 0.370. The Morgan fingerprint density at radius 2 is 1.83 bits per heavy atom. The second kappa shape index (κ2) is 11.0. The number of aromatic amines is 1. The lowest BCUT2D eigenvalue weighted by molar-refractivity contribution is -0.135. The molecule has 2 heterocycles. The van der Waals surface area contributed by atoms with Gasteiger partial charge >= 0.3 is 0 Å². The number of aryl methyl sites for hydroxylation is 3. The maximum Gasteiger partial charge on any atom is 0.255 e. The zero-order valence-corrected chi connectivity index (χ0v) is 21.6. The predicted octanol–water partition coefficient (Wildman–Crippen LogP) is 3.45. The Bertz CT molecular complexity index is 1320. The minimum atomic E-state index is -0.299. The molecule has 1 aromatic heterocycles. The van der Waals surface area contributed by atoms with Crippen molar-refractivity contribution < 1.29 is 19.1 Å².